The first-order valence-electron chi connectivity index (χ1n) is 5.65. The molecule has 0 saturated carbocycles. The van der Waals surface area contributed by atoms with E-state index in [1.807, 2.05) is 0 Å². The third-order valence-electron chi connectivity index (χ3n) is 3.47. The van der Waals surface area contributed by atoms with Crippen LogP contribution < -0.4 is 5.73 Å². The molecule has 82 valence electrons. The van der Waals surface area contributed by atoms with Crippen molar-refractivity contribution < 1.29 is 0 Å². The van der Waals surface area contributed by atoms with E-state index in [1.165, 1.54) is 46.0 Å². The zero-order chi connectivity index (χ0) is 11.0. The number of fused-ring (bicyclic) bond motifs is 1. The quantitative estimate of drug-likeness (QED) is 0.712. The number of halogens is 1. The fraction of sp³-hybridized carbons (Fsp3) is 0.538. The molecule has 0 saturated heterocycles. The van der Waals surface area contributed by atoms with E-state index < -0.39 is 0 Å². The monoisotopic (exact) mass is 267 g/mol. The molecule has 0 unspecified atom stereocenters. The van der Waals surface area contributed by atoms with Crippen LogP contribution >= 0.6 is 15.9 Å². The lowest BCUT2D eigenvalue weighted by atomic mass is 9.91. The molecular formula is C13H18BrN. The van der Waals surface area contributed by atoms with Gasteiger partial charge in [0.25, 0.3) is 0 Å². The summed E-state index contributed by atoms with van der Waals surface area (Å²) in [6.45, 7) is 4.37. The van der Waals surface area contributed by atoms with Crippen LogP contribution in [0.1, 0.15) is 47.6 Å². The van der Waals surface area contributed by atoms with Gasteiger partial charge in [0.1, 0.15) is 0 Å². The van der Waals surface area contributed by atoms with Crippen LogP contribution in [0, 0.1) is 13.8 Å². The standard InChI is InChI=1S/C13H18BrN/c1-8-7-11(14)9(2)13-10(8)5-3-4-6-12(13)15/h7,12H,3-6,15H2,1-2H3/t12-/m1/s1. The average Bonchev–Trinajstić information content (AvgIpc) is 2.37. The van der Waals surface area contributed by atoms with Gasteiger partial charge in [-0.1, -0.05) is 22.4 Å². The Bertz CT molecular complexity index is 385. The van der Waals surface area contributed by atoms with Gasteiger partial charge in [-0.15, -0.1) is 0 Å². The molecule has 1 aromatic rings. The summed E-state index contributed by atoms with van der Waals surface area (Å²) in [5.41, 5.74) is 11.9. The summed E-state index contributed by atoms with van der Waals surface area (Å²) in [6, 6.07) is 2.46. The first-order chi connectivity index (χ1) is 7.11. The fourth-order valence-electron chi connectivity index (χ4n) is 2.60. The molecule has 2 rings (SSSR count). The fourth-order valence-corrected chi connectivity index (χ4v) is 3.15. The van der Waals surface area contributed by atoms with E-state index >= 15 is 0 Å². The Morgan fingerprint density at radius 1 is 1.33 bits per heavy atom. The topological polar surface area (TPSA) is 26.0 Å². The van der Waals surface area contributed by atoms with Crippen molar-refractivity contribution in [3.8, 4) is 0 Å². The Kier molecular flexibility index (Phi) is 3.17. The molecule has 2 N–H and O–H groups in total. The van der Waals surface area contributed by atoms with Gasteiger partial charge in [-0.3, -0.25) is 0 Å². The van der Waals surface area contributed by atoms with E-state index in [0.29, 0.717) is 0 Å². The number of rotatable bonds is 0. The molecule has 0 spiro atoms. The molecule has 0 bridgehead atoms. The van der Waals surface area contributed by atoms with Gasteiger partial charge >= 0.3 is 0 Å². The molecular weight excluding hydrogens is 250 g/mol. The smallest absolute Gasteiger partial charge is 0.0300 e. The van der Waals surface area contributed by atoms with Crippen LogP contribution in [0.25, 0.3) is 0 Å². The van der Waals surface area contributed by atoms with Crippen LogP contribution in [0.15, 0.2) is 10.5 Å². The number of hydrogen-bond donors (Lipinski definition) is 1. The lowest BCUT2D eigenvalue weighted by molar-refractivity contribution is 0.613. The number of aryl methyl sites for hydroxylation is 1. The summed E-state index contributed by atoms with van der Waals surface area (Å²) in [5, 5.41) is 0. The average molecular weight is 268 g/mol. The van der Waals surface area contributed by atoms with Gasteiger partial charge < -0.3 is 5.73 Å². The third-order valence-corrected chi connectivity index (χ3v) is 4.29. The predicted molar refractivity (Wildman–Crippen MR) is 68.1 cm³/mol. The largest absolute Gasteiger partial charge is 0.324 e. The van der Waals surface area contributed by atoms with Gasteiger partial charge in [0, 0.05) is 10.5 Å². The second-order valence-electron chi connectivity index (χ2n) is 4.54. The molecule has 0 fully saturated rings. The Labute approximate surface area is 100 Å². The maximum Gasteiger partial charge on any atom is 0.0300 e. The molecule has 15 heavy (non-hydrogen) atoms. The molecule has 0 aromatic heterocycles. The zero-order valence-corrected chi connectivity index (χ0v) is 11.0. The van der Waals surface area contributed by atoms with Gasteiger partial charge in [-0.25, -0.2) is 0 Å². The SMILES string of the molecule is Cc1cc(Br)c(C)c2c1CCCC[C@H]2N. The first kappa shape index (κ1) is 11.2. The van der Waals surface area contributed by atoms with Crippen LogP contribution in [0.3, 0.4) is 0 Å². The van der Waals surface area contributed by atoms with E-state index in [4.69, 9.17) is 5.73 Å². The van der Waals surface area contributed by atoms with Crippen molar-refractivity contribution in [3.63, 3.8) is 0 Å². The van der Waals surface area contributed by atoms with E-state index in [-0.39, 0.29) is 6.04 Å². The Balaban J connectivity index is 2.63. The normalized spacial score (nSPS) is 20.9. The van der Waals surface area contributed by atoms with Crippen molar-refractivity contribution in [1.29, 1.82) is 0 Å². The van der Waals surface area contributed by atoms with Crippen molar-refractivity contribution in [2.45, 2.75) is 45.6 Å². The molecule has 1 aliphatic rings. The summed E-state index contributed by atoms with van der Waals surface area (Å²) in [4.78, 5) is 0. The van der Waals surface area contributed by atoms with Crippen LogP contribution in [-0.2, 0) is 6.42 Å². The van der Waals surface area contributed by atoms with Crippen molar-refractivity contribution in [3.05, 3.63) is 32.8 Å². The van der Waals surface area contributed by atoms with Gasteiger partial charge in [0.05, 0.1) is 0 Å². The molecule has 0 heterocycles. The van der Waals surface area contributed by atoms with Gasteiger partial charge in [0.15, 0.2) is 0 Å². The maximum absolute atomic E-state index is 6.26. The van der Waals surface area contributed by atoms with Gasteiger partial charge in [-0.2, -0.15) is 0 Å². The van der Waals surface area contributed by atoms with Crippen molar-refractivity contribution in [2.24, 2.45) is 5.73 Å². The third kappa shape index (κ3) is 1.98. The second-order valence-corrected chi connectivity index (χ2v) is 5.40. The minimum absolute atomic E-state index is 0.235. The van der Waals surface area contributed by atoms with E-state index in [9.17, 15) is 0 Å². The van der Waals surface area contributed by atoms with E-state index in [1.54, 1.807) is 0 Å². The van der Waals surface area contributed by atoms with Crippen LogP contribution in [0.4, 0.5) is 0 Å². The molecule has 1 aliphatic carbocycles. The summed E-state index contributed by atoms with van der Waals surface area (Å²) in [6.07, 6.45) is 4.86. The highest BCUT2D eigenvalue weighted by molar-refractivity contribution is 9.10. The molecule has 1 nitrogen and oxygen atoms in total. The minimum atomic E-state index is 0.235. The first-order valence-corrected chi connectivity index (χ1v) is 6.44. The Morgan fingerprint density at radius 2 is 2.07 bits per heavy atom. The summed E-state index contributed by atoms with van der Waals surface area (Å²) < 4.78 is 1.20. The van der Waals surface area contributed by atoms with Gasteiger partial charge in [-0.05, 0) is 61.4 Å². The van der Waals surface area contributed by atoms with Crippen molar-refractivity contribution in [2.75, 3.05) is 0 Å². The maximum atomic E-state index is 6.26. The highest BCUT2D eigenvalue weighted by atomic mass is 79.9. The molecule has 0 amide bonds. The van der Waals surface area contributed by atoms with E-state index in [0.717, 1.165) is 6.42 Å². The summed E-state index contributed by atoms with van der Waals surface area (Å²) in [5.74, 6) is 0. The lowest BCUT2D eigenvalue weighted by Crippen LogP contribution is -2.13. The molecule has 1 atom stereocenters. The molecule has 0 aliphatic heterocycles. The Hall–Kier alpha value is -0.340. The summed E-state index contributed by atoms with van der Waals surface area (Å²) in [7, 11) is 0. The molecule has 1 aromatic carbocycles. The van der Waals surface area contributed by atoms with Crippen molar-refractivity contribution >= 4 is 15.9 Å². The molecule has 0 radical (unpaired) electrons. The van der Waals surface area contributed by atoms with Crippen molar-refractivity contribution in [1.82, 2.24) is 0 Å². The molecule has 2 heteroatoms. The van der Waals surface area contributed by atoms with Crippen LogP contribution in [-0.4, -0.2) is 0 Å². The van der Waals surface area contributed by atoms with Gasteiger partial charge in [0.2, 0.25) is 0 Å². The Morgan fingerprint density at radius 3 is 2.80 bits per heavy atom. The van der Waals surface area contributed by atoms with Crippen LogP contribution in [0.5, 0.6) is 0 Å². The number of hydrogen-bond acceptors (Lipinski definition) is 1. The minimum Gasteiger partial charge on any atom is -0.324 e. The highest BCUT2D eigenvalue weighted by Crippen LogP contribution is 2.35. The lowest BCUT2D eigenvalue weighted by Gasteiger charge is -2.19. The zero-order valence-electron chi connectivity index (χ0n) is 9.44. The highest BCUT2D eigenvalue weighted by Gasteiger charge is 2.20. The number of nitrogens with two attached hydrogens (primary N) is 1. The predicted octanol–water partition coefficient (Wildman–Crippen LogP) is 3.79. The van der Waals surface area contributed by atoms with E-state index in [2.05, 4.69) is 35.8 Å². The number of benzene rings is 1. The summed E-state index contributed by atoms with van der Waals surface area (Å²) >= 11 is 3.62. The second kappa shape index (κ2) is 4.26. The van der Waals surface area contributed by atoms with Crippen LogP contribution in [0.2, 0.25) is 0 Å².